The fraction of sp³-hybridized carbons (Fsp3) is 0.364. The molecule has 7 heteroatoms. The molecule has 2 N–H and O–H groups in total. The molecule has 0 unspecified atom stereocenters. The van der Waals surface area contributed by atoms with Crippen LogP contribution in [0.5, 0.6) is 0 Å². The molecule has 7 nitrogen and oxygen atoms in total. The van der Waals surface area contributed by atoms with Gasteiger partial charge in [0.2, 0.25) is 5.91 Å². The summed E-state index contributed by atoms with van der Waals surface area (Å²) in [5, 5.41) is 12.3. The standard InChI is InChI=1S/C22H24N6O/c1-12-7-5-6-8-14(12)18-21-27-26-20(28(21)16-9-10-23-19(16)25-18)15-11-17(22(15,3)4)24-13(2)29/h5-10,15,17,23H,11H2,1-4H3,(H,24,29)/t15-,17-/m1/s1. The van der Waals surface area contributed by atoms with Gasteiger partial charge in [-0.1, -0.05) is 38.1 Å². The van der Waals surface area contributed by atoms with E-state index in [1.54, 1.807) is 6.92 Å². The number of hydrogen-bond acceptors (Lipinski definition) is 4. The normalized spacial score (nSPS) is 20.7. The summed E-state index contributed by atoms with van der Waals surface area (Å²) in [6.45, 7) is 8.01. The molecule has 2 atom stereocenters. The molecule has 0 bridgehead atoms. The third-order valence-corrected chi connectivity index (χ3v) is 6.43. The zero-order valence-corrected chi connectivity index (χ0v) is 17.0. The minimum atomic E-state index is -0.108. The molecule has 1 fully saturated rings. The maximum atomic E-state index is 11.6. The fourth-order valence-corrected chi connectivity index (χ4v) is 4.57. The summed E-state index contributed by atoms with van der Waals surface area (Å²) >= 11 is 0. The van der Waals surface area contributed by atoms with Crippen LogP contribution in [0.1, 0.15) is 44.5 Å². The molecule has 1 amide bonds. The van der Waals surface area contributed by atoms with Gasteiger partial charge in [-0.3, -0.25) is 9.20 Å². The van der Waals surface area contributed by atoms with E-state index in [4.69, 9.17) is 4.98 Å². The molecule has 0 saturated heterocycles. The van der Waals surface area contributed by atoms with E-state index < -0.39 is 0 Å². The monoisotopic (exact) mass is 388 g/mol. The first kappa shape index (κ1) is 17.8. The SMILES string of the molecule is CC(=O)N[C@@H]1C[C@H](c2nnc3c(-c4ccccc4C)nc4[nH]ccc4n23)C1(C)C. The summed E-state index contributed by atoms with van der Waals surface area (Å²) in [6, 6.07) is 10.3. The Balaban J connectivity index is 1.70. The third-order valence-electron chi connectivity index (χ3n) is 6.43. The predicted molar refractivity (Wildman–Crippen MR) is 112 cm³/mol. The highest BCUT2D eigenvalue weighted by atomic mass is 16.1. The van der Waals surface area contributed by atoms with E-state index in [0.29, 0.717) is 0 Å². The van der Waals surface area contributed by atoms with Crippen LogP contribution in [-0.4, -0.2) is 36.5 Å². The summed E-state index contributed by atoms with van der Waals surface area (Å²) in [5.41, 5.74) is 5.46. The number of H-pyrrole nitrogens is 1. The lowest BCUT2D eigenvalue weighted by atomic mass is 9.58. The highest BCUT2D eigenvalue weighted by molar-refractivity contribution is 5.85. The summed E-state index contributed by atoms with van der Waals surface area (Å²) in [7, 11) is 0. The van der Waals surface area contributed by atoms with Crippen LogP contribution < -0.4 is 5.32 Å². The molecular weight excluding hydrogens is 364 g/mol. The Kier molecular flexibility index (Phi) is 3.78. The Bertz CT molecular complexity index is 1250. The number of rotatable bonds is 3. The van der Waals surface area contributed by atoms with Gasteiger partial charge in [-0.2, -0.15) is 0 Å². The first-order valence-corrected chi connectivity index (χ1v) is 9.93. The zero-order chi connectivity index (χ0) is 20.3. The van der Waals surface area contributed by atoms with Crippen molar-refractivity contribution in [2.75, 3.05) is 0 Å². The Hall–Kier alpha value is -3.22. The van der Waals surface area contributed by atoms with Crippen LogP contribution in [0, 0.1) is 12.3 Å². The van der Waals surface area contributed by atoms with E-state index in [1.165, 1.54) is 0 Å². The molecule has 1 aromatic carbocycles. The number of aryl methyl sites for hydroxylation is 1. The molecule has 3 aromatic heterocycles. The Morgan fingerprint density at radius 1 is 1.24 bits per heavy atom. The van der Waals surface area contributed by atoms with E-state index in [-0.39, 0.29) is 23.3 Å². The molecule has 29 heavy (non-hydrogen) atoms. The van der Waals surface area contributed by atoms with Gasteiger partial charge in [0.15, 0.2) is 11.3 Å². The van der Waals surface area contributed by atoms with E-state index in [9.17, 15) is 4.79 Å². The Morgan fingerprint density at radius 3 is 2.76 bits per heavy atom. The molecule has 0 aliphatic heterocycles. The van der Waals surface area contributed by atoms with E-state index in [0.717, 1.165) is 45.9 Å². The molecule has 3 heterocycles. The first-order chi connectivity index (χ1) is 13.9. The van der Waals surface area contributed by atoms with Crippen LogP contribution in [0.2, 0.25) is 0 Å². The highest BCUT2D eigenvalue weighted by Crippen LogP contribution is 2.52. The largest absolute Gasteiger partial charge is 0.353 e. The van der Waals surface area contributed by atoms with Crippen molar-refractivity contribution in [2.24, 2.45) is 5.41 Å². The smallest absolute Gasteiger partial charge is 0.217 e. The van der Waals surface area contributed by atoms with Gasteiger partial charge < -0.3 is 10.3 Å². The maximum Gasteiger partial charge on any atom is 0.217 e. The number of benzene rings is 1. The van der Waals surface area contributed by atoms with Crippen molar-refractivity contribution >= 4 is 22.7 Å². The summed E-state index contributed by atoms with van der Waals surface area (Å²) < 4.78 is 2.14. The second-order valence-electron chi connectivity index (χ2n) is 8.57. The van der Waals surface area contributed by atoms with Gasteiger partial charge in [0.1, 0.15) is 11.5 Å². The lowest BCUT2D eigenvalue weighted by molar-refractivity contribution is -0.122. The van der Waals surface area contributed by atoms with Gasteiger partial charge in [0, 0.05) is 30.6 Å². The van der Waals surface area contributed by atoms with Crippen LogP contribution in [0.25, 0.3) is 28.1 Å². The van der Waals surface area contributed by atoms with Crippen molar-refractivity contribution in [2.45, 2.75) is 46.1 Å². The van der Waals surface area contributed by atoms with E-state index >= 15 is 0 Å². The van der Waals surface area contributed by atoms with Crippen LogP contribution in [-0.2, 0) is 4.79 Å². The lowest BCUT2D eigenvalue weighted by Gasteiger charge is -2.51. The van der Waals surface area contributed by atoms with Crippen LogP contribution >= 0.6 is 0 Å². The number of amides is 1. The van der Waals surface area contributed by atoms with Crippen molar-refractivity contribution in [3.05, 3.63) is 47.9 Å². The maximum absolute atomic E-state index is 11.6. The van der Waals surface area contributed by atoms with Crippen molar-refractivity contribution in [1.29, 1.82) is 0 Å². The van der Waals surface area contributed by atoms with Crippen LogP contribution in [0.15, 0.2) is 36.5 Å². The van der Waals surface area contributed by atoms with E-state index in [2.05, 4.69) is 57.8 Å². The molecule has 0 radical (unpaired) electrons. The Labute approximate surface area is 168 Å². The number of nitrogens with one attached hydrogen (secondary N) is 2. The molecular formula is C22H24N6O. The number of carbonyl (C=O) groups is 1. The molecule has 4 aromatic rings. The quantitative estimate of drug-likeness (QED) is 0.561. The third kappa shape index (κ3) is 2.57. The first-order valence-electron chi connectivity index (χ1n) is 9.93. The predicted octanol–water partition coefficient (Wildman–Crippen LogP) is 3.60. The van der Waals surface area contributed by atoms with Gasteiger partial charge in [0.25, 0.3) is 0 Å². The minimum absolute atomic E-state index is 0.00619. The topological polar surface area (TPSA) is 88.0 Å². The van der Waals surface area contributed by atoms with Gasteiger partial charge in [0.05, 0.1) is 5.52 Å². The number of fused-ring (bicyclic) bond motifs is 3. The molecule has 0 spiro atoms. The molecule has 1 saturated carbocycles. The average molecular weight is 388 g/mol. The average Bonchev–Trinajstić information content (AvgIpc) is 3.31. The second-order valence-corrected chi connectivity index (χ2v) is 8.57. The lowest BCUT2D eigenvalue weighted by Crippen LogP contribution is -2.57. The fourth-order valence-electron chi connectivity index (χ4n) is 4.57. The van der Waals surface area contributed by atoms with Gasteiger partial charge >= 0.3 is 0 Å². The van der Waals surface area contributed by atoms with Gasteiger partial charge in [-0.15, -0.1) is 10.2 Å². The van der Waals surface area contributed by atoms with Crippen molar-refractivity contribution < 1.29 is 4.79 Å². The second kappa shape index (κ2) is 6.14. The van der Waals surface area contributed by atoms with Crippen molar-refractivity contribution in [3.63, 3.8) is 0 Å². The number of nitrogens with zero attached hydrogens (tertiary/aromatic N) is 4. The van der Waals surface area contributed by atoms with Crippen LogP contribution in [0.3, 0.4) is 0 Å². The number of hydrogen-bond donors (Lipinski definition) is 2. The Morgan fingerprint density at radius 2 is 2.03 bits per heavy atom. The minimum Gasteiger partial charge on any atom is -0.353 e. The summed E-state index contributed by atoms with van der Waals surface area (Å²) in [4.78, 5) is 19.7. The van der Waals surface area contributed by atoms with Crippen molar-refractivity contribution in [3.8, 4) is 11.3 Å². The molecule has 1 aliphatic rings. The summed E-state index contributed by atoms with van der Waals surface area (Å²) in [6.07, 6.45) is 2.75. The van der Waals surface area contributed by atoms with Gasteiger partial charge in [-0.05, 0) is 30.4 Å². The number of carbonyl (C=O) groups excluding carboxylic acids is 1. The number of aromatic amines is 1. The molecule has 5 rings (SSSR count). The molecule has 1 aliphatic carbocycles. The van der Waals surface area contributed by atoms with Crippen LogP contribution in [0.4, 0.5) is 0 Å². The van der Waals surface area contributed by atoms with Gasteiger partial charge in [-0.25, -0.2) is 4.98 Å². The highest BCUT2D eigenvalue weighted by Gasteiger charge is 2.51. The van der Waals surface area contributed by atoms with E-state index in [1.807, 2.05) is 24.4 Å². The summed E-state index contributed by atoms with van der Waals surface area (Å²) in [5.74, 6) is 1.12. The number of aromatic nitrogens is 5. The van der Waals surface area contributed by atoms with Crippen molar-refractivity contribution in [1.82, 2.24) is 29.9 Å². The molecule has 148 valence electrons. The zero-order valence-electron chi connectivity index (χ0n) is 17.0.